The van der Waals surface area contributed by atoms with Crippen molar-refractivity contribution in [1.82, 2.24) is 4.98 Å². The van der Waals surface area contributed by atoms with Crippen molar-refractivity contribution in [3.63, 3.8) is 0 Å². The third-order valence-electron chi connectivity index (χ3n) is 3.81. The fourth-order valence-electron chi connectivity index (χ4n) is 2.69. The van der Waals surface area contributed by atoms with E-state index in [1.165, 1.54) is 0 Å². The molecule has 0 aliphatic carbocycles. The number of ether oxygens (including phenoxy) is 1. The molecule has 5 nitrogen and oxygen atoms in total. The summed E-state index contributed by atoms with van der Waals surface area (Å²) in [6.45, 7) is 0.725. The smallest absolute Gasteiger partial charge is 0.262 e. The lowest BCUT2D eigenvalue weighted by molar-refractivity contribution is -0.118. The average Bonchev–Trinajstić information content (AvgIpc) is 2.60. The molecule has 0 saturated carbocycles. The highest BCUT2D eigenvalue weighted by atomic mass is 16.5. The Kier molecular flexibility index (Phi) is 3.31. The lowest BCUT2D eigenvalue weighted by Crippen LogP contribution is -2.25. The van der Waals surface area contributed by atoms with Crippen LogP contribution >= 0.6 is 0 Å². The number of carbonyl (C=O) groups excluding carboxylic acids is 1. The predicted octanol–water partition coefficient (Wildman–Crippen LogP) is 3.18. The number of benzene rings is 2. The van der Waals surface area contributed by atoms with Crippen molar-refractivity contribution in [2.75, 3.05) is 17.2 Å². The van der Waals surface area contributed by atoms with E-state index in [1.807, 2.05) is 30.3 Å². The summed E-state index contributed by atoms with van der Waals surface area (Å²) in [4.78, 5) is 15.7. The van der Waals surface area contributed by atoms with Gasteiger partial charge in [-0.25, -0.2) is 0 Å². The number of pyridine rings is 1. The summed E-state index contributed by atoms with van der Waals surface area (Å²) in [6.07, 6.45) is 1.81. The van der Waals surface area contributed by atoms with Gasteiger partial charge in [0, 0.05) is 29.9 Å². The van der Waals surface area contributed by atoms with E-state index in [0.29, 0.717) is 18.0 Å². The Labute approximate surface area is 133 Å². The maximum Gasteiger partial charge on any atom is 0.262 e. The Morgan fingerprint density at radius 3 is 3.04 bits per heavy atom. The van der Waals surface area contributed by atoms with Crippen LogP contribution in [0, 0.1) is 0 Å². The van der Waals surface area contributed by atoms with Gasteiger partial charge in [0.1, 0.15) is 5.75 Å². The molecule has 0 radical (unpaired) electrons. The van der Waals surface area contributed by atoms with Gasteiger partial charge in [0.2, 0.25) is 0 Å². The molecule has 0 atom stereocenters. The Morgan fingerprint density at radius 2 is 2.09 bits per heavy atom. The summed E-state index contributed by atoms with van der Waals surface area (Å²) in [6, 6.07) is 15.8. The van der Waals surface area contributed by atoms with Gasteiger partial charge >= 0.3 is 0 Å². The molecule has 0 bridgehead atoms. The van der Waals surface area contributed by atoms with E-state index in [-0.39, 0.29) is 12.5 Å². The first-order valence-electron chi connectivity index (χ1n) is 7.43. The number of rotatable bonds is 3. The van der Waals surface area contributed by atoms with Crippen LogP contribution in [0.5, 0.6) is 5.75 Å². The molecular formula is C18H15N3O2. The number of amides is 1. The summed E-state index contributed by atoms with van der Waals surface area (Å²) in [5.41, 5.74) is 3.78. The largest absolute Gasteiger partial charge is 0.482 e. The molecule has 3 aromatic rings. The molecule has 1 aliphatic rings. The van der Waals surface area contributed by atoms with Gasteiger partial charge in [0.25, 0.3) is 5.91 Å². The van der Waals surface area contributed by atoms with Gasteiger partial charge in [-0.2, -0.15) is 0 Å². The highest BCUT2D eigenvalue weighted by Crippen LogP contribution is 2.30. The summed E-state index contributed by atoms with van der Waals surface area (Å²) in [5, 5.41) is 7.29. The minimum Gasteiger partial charge on any atom is -0.482 e. The fourth-order valence-corrected chi connectivity index (χ4v) is 2.69. The molecule has 0 fully saturated rings. The van der Waals surface area contributed by atoms with Crippen molar-refractivity contribution >= 4 is 28.2 Å². The van der Waals surface area contributed by atoms with Gasteiger partial charge in [-0.1, -0.05) is 24.3 Å². The second-order valence-corrected chi connectivity index (χ2v) is 5.39. The van der Waals surface area contributed by atoms with Gasteiger partial charge in [0.15, 0.2) is 6.61 Å². The molecular weight excluding hydrogens is 290 g/mol. The molecule has 23 heavy (non-hydrogen) atoms. The quantitative estimate of drug-likeness (QED) is 0.780. The first-order valence-corrected chi connectivity index (χ1v) is 7.43. The number of aromatic nitrogens is 1. The topological polar surface area (TPSA) is 63.2 Å². The number of nitrogens with zero attached hydrogens (tertiary/aromatic N) is 1. The number of anilines is 2. The van der Waals surface area contributed by atoms with Crippen LogP contribution in [-0.2, 0) is 11.3 Å². The molecule has 5 heteroatoms. The number of para-hydroxylation sites is 1. The minimum absolute atomic E-state index is 0.0592. The highest BCUT2D eigenvalue weighted by Gasteiger charge is 2.15. The first kappa shape index (κ1) is 13.6. The molecule has 1 aliphatic heterocycles. The number of fused-ring (bicyclic) bond motifs is 2. The van der Waals surface area contributed by atoms with Crippen molar-refractivity contribution < 1.29 is 9.53 Å². The molecule has 4 rings (SSSR count). The van der Waals surface area contributed by atoms with Crippen LogP contribution < -0.4 is 15.4 Å². The lowest BCUT2D eigenvalue weighted by Gasteiger charge is -2.19. The Hall–Kier alpha value is -3.08. The number of hydrogen-bond donors (Lipinski definition) is 2. The Balaban J connectivity index is 1.56. The molecule has 0 saturated heterocycles. The van der Waals surface area contributed by atoms with Crippen molar-refractivity contribution in [3.8, 4) is 5.75 Å². The summed E-state index contributed by atoms with van der Waals surface area (Å²) in [7, 11) is 0. The second kappa shape index (κ2) is 5.61. The molecule has 1 aromatic heterocycles. The van der Waals surface area contributed by atoms with Gasteiger partial charge in [-0.05, 0) is 23.8 Å². The SMILES string of the molecule is O=C1COc2cc(NCc3cccc4cccnc34)ccc2N1. The van der Waals surface area contributed by atoms with Crippen LogP contribution in [0.25, 0.3) is 10.9 Å². The zero-order valence-corrected chi connectivity index (χ0v) is 12.4. The average molecular weight is 305 g/mol. The standard InChI is InChI=1S/C18H15N3O2/c22-17-11-23-16-9-14(6-7-15(16)21-17)20-10-13-4-1-3-12-5-2-8-19-18(12)13/h1-9,20H,10-11H2,(H,21,22). The number of nitrogens with one attached hydrogen (secondary N) is 2. The van der Waals surface area contributed by atoms with E-state index in [0.717, 1.165) is 22.2 Å². The van der Waals surface area contributed by atoms with Gasteiger partial charge < -0.3 is 15.4 Å². The van der Waals surface area contributed by atoms with E-state index in [9.17, 15) is 4.79 Å². The van der Waals surface area contributed by atoms with Crippen molar-refractivity contribution in [1.29, 1.82) is 0 Å². The third-order valence-corrected chi connectivity index (χ3v) is 3.81. The van der Waals surface area contributed by atoms with E-state index in [2.05, 4.69) is 33.8 Å². The van der Waals surface area contributed by atoms with Gasteiger partial charge in [0.05, 0.1) is 11.2 Å². The molecule has 1 amide bonds. The third kappa shape index (κ3) is 2.68. The minimum atomic E-state index is -0.125. The van der Waals surface area contributed by atoms with Crippen LogP contribution in [0.2, 0.25) is 0 Å². The number of carbonyl (C=O) groups is 1. The van der Waals surface area contributed by atoms with Crippen molar-refractivity contribution in [2.45, 2.75) is 6.54 Å². The van der Waals surface area contributed by atoms with E-state index < -0.39 is 0 Å². The van der Waals surface area contributed by atoms with E-state index in [4.69, 9.17) is 4.74 Å². The fraction of sp³-hybridized carbons (Fsp3) is 0.111. The summed E-state index contributed by atoms with van der Waals surface area (Å²) in [5.74, 6) is 0.561. The zero-order valence-electron chi connectivity index (χ0n) is 12.4. The number of hydrogen-bond acceptors (Lipinski definition) is 4. The second-order valence-electron chi connectivity index (χ2n) is 5.39. The van der Waals surface area contributed by atoms with Crippen molar-refractivity contribution in [3.05, 3.63) is 60.3 Å². The monoisotopic (exact) mass is 305 g/mol. The molecule has 114 valence electrons. The lowest BCUT2D eigenvalue weighted by atomic mass is 10.1. The maximum atomic E-state index is 11.3. The van der Waals surface area contributed by atoms with Crippen LogP contribution in [0.3, 0.4) is 0 Å². The molecule has 2 N–H and O–H groups in total. The Bertz CT molecular complexity index is 887. The normalized spacial score (nSPS) is 13.1. The molecule has 2 aromatic carbocycles. The van der Waals surface area contributed by atoms with Gasteiger partial charge in [-0.3, -0.25) is 9.78 Å². The van der Waals surface area contributed by atoms with Crippen LogP contribution in [0.15, 0.2) is 54.7 Å². The van der Waals surface area contributed by atoms with Crippen molar-refractivity contribution in [2.24, 2.45) is 0 Å². The predicted molar refractivity (Wildman–Crippen MR) is 89.6 cm³/mol. The van der Waals surface area contributed by atoms with Crippen LogP contribution in [0.4, 0.5) is 11.4 Å². The molecule has 0 unspecified atom stereocenters. The summed E-state index contributed by atoms with van der Waals surface area (Å²) >= 11 is 0. The van der Waals surface area contributed by atoms with E-state index in [1.54, 1.807) is 6.20 Å². The van der Waals surface area contributed by atoms with Gasteiger partial charge in [-0.15, -0.1) is 0 Å². The van der Waals surface area contributed by atoms with Crippen LogP contribution in [-0.4, -0.2) is 17.5 Å². The maximum absolute atomic E-state index is 11.3. The molecule has 0 spiro atoms. The summed E-state index contributed by atoms with van der Waals surface area (Å²) < 4.78 is 5.43. The van der Waals surface area contributed by atoms with E-state index >= 15 is 0 Å². The zero-order chi connectivity index (χ0) is 15.6. The first-order chi connectivity index (χ1) is 11.3. The Morgan fingerprint density at radius 1 is 1.17 bits per heavy atom. The highest BCUT2D eigenvalue weighted by molar-refractivity contribution is 5.95. The molecule has 2 heterocycles. The van der Waals surface area contributed by atoms with Crippen LogP contribution in [0.1, 0.15) is 5.56 Å².